The van der Waals surface area contributed by atoms with Crippen molar-refractivity contribution in [3.63, 3.8) is 0 Å². The molecule has 1 N–H and O–H groups in total. The zero-order valence-electron chi connectivity index (χ0n) is 8.67. The lowest BCUT2D eigenvalue weighted by Gasteiger charge is -2.21. The molecule has 0 aromatic carbocycles. The van der Waals surface area contributed by atoms with E-state index in [0.717, 1.165) is 6.42 Å². The maximum Gasteiger partial charge on any atom is 0.407 e. The first-order chi connectivity index (χ1) is 6.56. The predicted molar refractivity (Wildman–Crippen MR) is 54.5 cm³/mol. The highest BCUT2D eigenvalue weighted by molar-refractivity contribution is 6.28. The standard InChI is InChI=1S/C9H16ClNO3/c1-4-6(2)8(7(12)5-10)11-9(13)14-3/h6,8H,4-5H2,1-3H3,(H,11,13). The Balaban J connectivity index is 4.39. The Morgan fingerprint density at radius 1 is 1.50 bits per heavy atom. The Bertz CT molecular complexity index is 208. The summed E-state index contributed by atoms with van der Waals surface area (Å²) >= 11 is 5.43. The second-order valence-electron chi connectivity index (χ2n) is 3.10. The fraction of sp³-hybridized carbons (Fsp3) is 0.778. The largest absolute Gasteiger partial charge is 0.453 e. The van der Waals surface area contributed by atoms with Crippen LogP contribution in [-0.4, -0.2) is 30.9 Å². The van der Waals surface area contributed by atoms with Gasteiger partial charge in [0.25, 0.3) is 0 Å². The Hall–Kier alpha value is -0.770. The summed E-state index contributed by atoms with van der Waals surface area (Å²) < 4.78 is 4.42. The summed E-state index contributed by atoms with van der Waals surface area (Å²) in [5.74, 6) is -0.231. The molecule has 0 aliphatic rings. The van der Waals surface area contributed by atoms with Crippen LogP contribution in [0.4, 0.5) is 4.79 Å². The Labute approximate surface area is 88.9 Å². The van der Waals surface area contributed by atoms with Gasteiger partial charge in [-0.15, -0.1) is 11.6 Å². The minimum absolute atomic E-state index is 0.0559. The van der Waals surface area contributed by atoms with Gasteiger partial charge in [0.15, 0.2) is 5.78 Å². The maximum atomic E-state index is 11.4. The van der Waals surface area contributed by atoms with Crippen LogP contribution < -0.4 is 5.32 Å². The van der Waals surface area contributed by atoms with Crippen LogP contribution in [0.3, 0.4) is 0 Å². The molecule has 5 heteroatoms. The van der Waals surface area contributed by atoms with Crippen molar-refractivity contribution < 1.29 is 14.3 Å². The Morgan fingerprint density at radius 2 is 2.07 bits per heavy atom. The second-order valence-corrected chi connectivity index (χ2v) is 3.37. The number of alkyl halides is 1. The van der Waals surface area contributed by atoms with Gasteiger partial charge < -0.3 is 10.1 Å². The van der Waals surface area contributed by atoms with E-state index < -0.39 is 12.1 Å². The zero-order valence-corrected chi connectivity index (χ0v) is 9.43. The van der Waals surface area contributed by atoms with E-state index in [2.05, 4.69) is 10.1 Å². The monoisotopic (exact) mass is 221 g/mol. The van der Waals surface area contributed by atoms with Gasteiger partial charge in [0.2, 0.25) is 0 Å². The number of amides is 1. The zero-order chi connectivity index (χ0) is 11.1. The molecule has 14 heavy (non-hydrogen) atoms. The van der Waals surface area contributed by atoms with Gasteiger partial charge in [0.05, 0.1) is 19.0 Å². The molecule has 0 spiro atoms. The van der Waals surface area contributed by atoms with Crippen molar-refractivity contribution in [2.75, 3.05) is 13.0 Å². The molecule has 0 fully saturated rings. The highest BCUT2D eigenvalue weighted by Crippen LogP contribution is 2.09. The van der Waals surface area contributed by atoms with Gasteiger partial charge >= 0.3 is 6.09 Å². The van der Waals surface area contributed by atoms with Crippen molar-refractivity contribution in [1.29, 1.82) is 0 Å². The number of Topliss-reactive ketones (excluding diaryl/α,β-unsaturated/α-hetero) is 1. The van der Waals surface area contributed by atoms with Crippen molar-refractivity contribution in [2.24, 2.45) is 5.92 Å². The molecular weight excluding hydrogens is 206 g/mol. The molecule has 0 aromatic rings. The average molecular weight is 222 g/mol. The number of alkyl carbamates (subject to hydrolysis) is 1. The highest BCUT2D eigenvalue weighted by atomic mass is 35.5. The number of ether oxygens (including phenoxy) is 1. The molecule has 0 rings (SSSR count). The average Bonchev–Trinajstić information content (AvgIpc) is 2.23. The third-order valence-corrected chi connectivity index (χ3v) is 2.41. The van der Waals surface area contributed by atoms with Crippen molar-refractivity contribution >= 4 is 23.5 Å². The quantitative estimate of drug-likeness (QED) is 0.717. The molecule has 2 atom stereocenters. The number of rotatable bonds is 5. The van der Waals surface area contributed by atoms with Crippen molar-refractivity contribution in [1.82, 2.24) is 5.32 Å². The molecule has 0 radical (unpaired) electrons. The van der Waals surface area contributed by atoms with Crippen LogP contribution >= 0.6 is 11.6 Å². The van der Waals surface area contributed by atoms with E-state index in [1.54, 1.807) is 0 Å². The molecule has 82 valence electrons. The molecule has 0 aromatic heterocycles. The number of halogens is 1. The van der Waals surface area contributed by atoms with E-state index in [1.807, 2.05) is 13.8 Å². The molecule has 0 bridgehead atoms. The minimum atomic E-state index is -0.603. The van der Waals surface area contributed by atoms with E-state index in [-0.39, 0.29) is 17.6 Å². The fourth-order valence-electron chi connectivity index (χ4n) is 1.04. The van der Waals surface area contributed by atoms with Crippen molar-refractivity contribution in [3.8, 4) is 0 Å². The summed E-state index contributed by atoms with van der Waals surface area (Å²) in [5, 5.41) is 2.47. The molecule has 0 aliphatic carbocycles. The summed E-state index contributed by atoms with van der Waals surface area (Å²) in [6.07, 6.45) is 0.186. The summed E-state index contributed by atoms with van der Waals surface area (Å²) in [6, 6.07) is -0.551. The number of carbonyl (C=O) groups is 2. The smallest absolute Gasteiger partial charge is 0.407 e. The topological polar surface area (TPSA) is 55.4 Å². The molecule has 2 unspecified atom stereocenters. The summed E-state index contributed by atoms with van der Waals surface area (Å²) in [6.45, 7) is 3.82. The highest BCUT2D eigenvalue weighted by Gasteiger charge is 2.24. The molecule has 4 nitrogen and oxygen atoms in total. The predicted octanol–water partition coefficient (Wildman–Crippen LogP) is 1.56. The Morgan fingerprint density at radius 3 is 2.43 bits per heavy atom. The van der Waals surface area contributed by atoms with Crippen LogP contribution in [0.2, 0.25) is 0 Å². The van der Waals surface area contributed by atoms with Gasteiger partial charge in [0.1, 0.15) is 0 Å². The van der Waals surface area contributed by atoms with Crippen LogP contribution in [0.25, 0.3) is 0 Å². The van der Waals surface area contributed by atoms with E-state index in [9.17, 15) is 9.59 Å². The molecule has 1 amide bonds. The molecular formula is C9H16ClNO3. The maximum absolute atomic E-state index is 11.4. The molecule has 0 saturated carbocycles. The third-order valence-electron chi connectivity index (χ3n) is 2.15. The normalized spacial score (nSPS) is 14.3. The number of hydrogen-bond acceptors (Lipinski definition) is 3. The van der Waals surface area contributed by atoms with Gasteiger partial charge in [-0.2, -0.15) is 0 Å². The molecule has 0 saturated heterocycles. The van der Waals surface area contributed by atoms with E-state index in [1.165, 1.54) is 7.11 Å². The van der Waals surface area contributed by atoms with E-state index in [0.29, 0.717) is 0 Å². The van der Waals surface area contributed by atoms with Crippen LogP contribution in [-0.2, 0) is 9.53 Å². The van der Waals surface area contributed by atoms with Gasteiger partial charge in [-0.25, -0.2) is 4.79 Å². The van der Waals surface area contributed by atoms with Crippen LogP contribution in [0.5, 0.6) is 0 Å². The third kappa shape index (κ3) is 3.96. The minimum Gasteiger partial charge on any atom is -0.453 e. The van der Waals surface area contributed by atoms with Gasteiger partial charge in [-0.1, -0.05) is 20.3 Å². The first kappa shape index (κ1) is 13.2. The van der Waals surface area contributed by atoms with Crippen LogP contribution in [0, 0.1) is 5.92 Å². The lowest BCUT2D eigenvalue weighted by molar-refractivity contribution is -0.119. The first-order valence-corrected chi connectivity index (χ1v) is 5.03. The van der Waals surface area contributed by atoms with Crippen LogP contribution in [0.15, 0.2) is 0 Å². The SMILES string of the molecule is CCC(C)C(NC(=O)OC)C(=O)CCl. The Kier molecular flexibility index (Phi) is 6.28. The number of hydrogen-bond donors (Lipinski definition) is 1. The number of nitrogens with one attached hydrogen (secondary N) is 1. The summed E-state index contributed by atoms with van der Waals surface area (Å²) in [4.78, 5) is 22.3. The number of methoxy groups -OCH3 is 1. The summed E-state index contributed by atoms with van der Waals surface area (Å²) in [7, 11) is 1.26. The number of ketones is 1. The van der Waals surface area contributed by atoms with Gasteiger partial charge in [-0.05, 0) is 5.92 Å². The van der Waals surface area contributed by atoms with Crippen LogP contribution in [0.1, 0.15) is 20.3 Å². The number of carbonyl (C=O) groups excluding carboxylic acids is 2. The summed E-state index contributed by atoms with van der Waals surface area (Å²) in [5.41, 5.74) is 0. The molecule has 0 heterocycles. The van der Waals surface area contributed by atoms with E-state index in [4.69, 9.17) is 11.6 Å². The lowest BCUT2D eigenvalue weighted by Crippen LogP contribution is -2.45. The fourth-order valence-corrected chi connectivity index (χ4v) is 1.21. The van der Waals surface area contributed by atoms with Gasteiger partial charge in [-0.3, -0.25) is 4.79 Å². The first-order valence-electron chi connectivity index (χ1n) is 4.49. The van der Waals surface area contributed by atoms with Crippen molar-refractivity contribution in [3.05, 3.63) is 0 Å². The van der Waals surface area contributed by atoms with E-state index >= 15 is 0 Å². The molecule has 0 aliphatic heterocycles. The van der Waals surface area contributed by atoms with Gasteiger partial charge in [0, 0.05) is 0 Å². The second kappa shape index (κ2) is 6.65. The lowest BCUT2D eigenvalue weighted by atomic mass is 9.96. The van der Waals surface area contributed by atoms with Crippen molar-refractivity contribution in [2.45, 2.75) is 26.3 Å².